The molecule has 1 atom stereocenters. The van der Waals surface area contributed by atoms with Crippen LogP contribution in [0.25, 0.3) is 0 Å². The van der Waals surface area contributed by atoms with Gasteiger partial charge in [0.1, 0.15) is 16.3 Å². The van der Waals surface area contributed by atoms with Crippen molar-refractivity contribution >= 4 is 35.1 Å². The molecule has 0 fully saturated rings. The number of phenolic OH excluding ortho intramolecular Hbond substituents is 1. The second-order valence-electron chi connectivity index (χ2n) is 6.76. The van der Waals surface area contributed by atoms with Gasteiger partial charge < -0.3 is 24.8 Å². The van der Waals surface area contributed by atoms with E-state index < -0.39 is 28.9 Å². The topological polar surface area (TPSA) is 113 Å². The molecule has 7 nitrogen and oxygen atoms in total. The van der Waals surface area contributed by atoms with E-state index in [1.807, 2.05) is 0 Å². The molecule has 0 bridgehead atoms. The standard InChI is InChI=1S/C21H10Cl2O7/c22-12-7-11-17(14(16(12)25)19(26)27)29-18-10(5-6-13(24)15(18)23)21(11)9-4-2-1-3-8(9)20(28)30-21/h1-7,24-25H,(H,26,27). The summed E-state index contributed by atoms with van der Waals surface area (Å²) in [4.78, 5) is 24.7. The fourth-order valence-corrected chi connectivity index (χ4v) is 4.38. The van der Waals surface area contributed by atoms with Gasteiger partial charge in [0, 0.05) is 11.1 Å². The van der Waals surface area contributed by atoms with Crippen LogP contribution in [0.1, 0.15) is 37.4 Å². The Labute approximate surface area is 178 Å². The highest BCUT2D eigenvalue weighted by atomic mass is 35.5. The van der Waals surface area contributed by atoms with Gasteiger partial charge in [-0.2, -0.15) is 0 Å². The maximum atomic E-state index is 12.7. The minimum absolute atomic E-state index is 0.0992. The fraction of sp³-hybridized carbons (Fsp3) is 0.0476. The Morgan fingerprint density at radius 3 is 2.43 bits per heavy atom. The Morgan fingerprint density at radius 1 is 0.967 bits per heavy atom. The number of aromatic hydroxyl groups is 2. The number of benzene rings is 3. The maximum absolute atomic E-state index is 12.7. The first-order valence-electron chi connectivity index (χ1n) is 8.59. The summed E-state index contributed by atoms with van der Waals surface area (Å²) in [6.07, 6.45) is 0. The van der Waals surface area contributed by atoms with E-state index in [0.29, 0.717) is 5.56 Å². The highest BCUT2D eigenvalue weighted by molar-refractivity contribution is 6.34. The zero-order valence-corrected chi connectivity index (χ0v) is 16.3. The zero-order chi connectivity index (χ0) is 21.4. The van der Waals surface area contributed by atoms with Gasteiger partial charge in [-0.15, -0.1) is 0 Å². The predicted octanol–water partition coefficient (Wildman–Crippen LogP) is 4.67. The summed E-state index contributed by atoms with van der Waals surface area (Å²) in [6.45, 7) is 0. The van der Waals surface area contributed by atoms with E-state index in [2.05, 4.69) is 0 Å². The molecule has 2 aliphatic rings. The van der Waals surface area contributed by atoms with Crippen LogP contribution in [0.15, 0.2) is 42.5 Å². The highest BCUT2D eigenvalue weighted by Crippen LogP contribution is 2.60. The number of carboxylic acid groups (broad SMARTS) is 1. The van der Waals surface area contributed by atoms with Crippen molar-refractivity contribution in [1.82, 2.24) is 0 Å². The van der Waals surface area contributed by atoms with E-state index in [0.717, 1.165) is 0 Å². The normalized spacial score (nSPS) is 18.3. The van der Waals surface area contributed by atoms with Crippen LogP contribution in [0, 0.1) is 0 Å². The van der Waals surface area contributed by atoms with Gasteiger partial charge in [-0.25, -0.2) is 9.59 Å². The first-order valence-corrected chi connectivity index (χ1v) is 9.34. The number of aromatic carboxylic acids is 1. The molecule has 150 valence electrons. The van der Waals surface area contributed by atoms with E-state index >= 15 is 0 Å². The third-order valence-corrected chi connectivity index (χ3v) is 5.88. The fourth-order valence-electron chi connectivity index (χ4n) is 3.98. The molecule has 5 rings (SSSR count). The number of halogens is 2. The van der Waals surface area contributed by atoms with E-state index in [4.69, 9.17) is 32.7 Å². The molecule has 2 heterocycles. The molecule has 0 radical (unpaired) electrons. The van der Waals surface area contributed by atoms with Crippen LogP contribution < -0.4 is 4.74 Å². The van der Waals surface area contributed by atoms with Gasteiger partial charge in [0.2, 0.25) is 0 Å². The minimum Gasteiger partial charge on any atom is -0.506 e. The SMILES string of the molecule is O=C1OC2(c3ccccc31)c1ccc(O)c(Cl)c1Oc1c2cc(Cl)c(O)c1C(=O)O. The summed E-state index contributed by atoms with van der Waals surface area (Å²) in [5, 5.41) is 29.6. The lowest BCUT2D eigenvalue weighted by molar-refractivity contribution is 0.0223. The number of esters is 1. The molecular weight excluding hydrogens is 435 g/mol. The third-order valence-electron chi connectivity index (χ3n) is 5.23. The van der Waals surface area contributed by atoms with Crippen LogP contribution in [-0.2, 0) is 10.3 Å². The Kier molecular flexibility index (Phi) is 3.75. The monoisotopic (exact) mass is 444 g/mol. The molecule has 0 saturated heterocycles. The number of carboxylic acids is 1. The lowest BCUT2D eigenvalue weighted by Crippen LogP contribution is -2.33. The van der Waals surface area contributed by atoms with Crippen LogP contribution in [-0.4, -0.2) is 27.3 Å². The summed E-state index contributed by atoms with van der Waals surface area (Å²) >= 11 is 12.4. The van der Waals surface area contributed by atoms with Gasteiger partial charge in [0.25, 0.3) is 0 Å². The maximum Gasteiger partial charge on any atom is 0.343 e. The molecule has 1 unspecified atom stereocenters. The van der Waals surface area contributed by atoms with Crippen molar-refractivity contribution in [3.05, 3.63) is 80.3 Å². The number of ether oxygens (including phenoxy) is 2. The smallest absolute Gasteiger partial charge is 0.343 e. The molecule has 30 heavy (non-hydrogen) atoms. The lowest BCUT2D eigenvalue weighted by atomic mass is 9.77. The highest BCUT2D eigenvalue weighted by Gasteiger charge is 2.55. The van der Waals surface area contributed by atoms with Crippen molar-refractivity contribution < 1.29 is 34.4 Å². The summed E-state index contributed by atoms with van der Waals surface area (Å²) in [5.41, 5.74) is -1.20. The molecule has 3 aromatic rings. The van der Waals surface area contributed by atoms with Crippen molar-refractivity contribution in [3.63, 3.8) is 0 Å². The predicted molar refractivity (Wildman–Crippen MR) is 105 cm³/mol. The molecule has 0 amide bonds. The average molecular weight is 445 g/mol. The number of rotatable bonds is 1. The van der Waals surface area contributed by atoms with Gasteiger partial charge in [0.05, 0.1) is 16.1 Å². The van der Waals surface area contributed by atoms with Gasteiger partial charge >= 0.3 is 11.9 Å². The minimum atomic E-state index is -1.64. The average Bonchev–Trinajstić information content (AvgIpc) is 3.00. The summed E-state index contributed by atoms with van der Waals surface area (Å²) < 4.78 is 11.6. The lowest BCUT2D eigenvalue weighted by Gasteiger charge is -2.37. The Morgan fingerprint density at radius 2 is 1.70 bits per heavy atom. The molecular formula is C21H10Cl2O7. The van der Waals surface area contributed by atoms with Crippen molar-refractivity contribution in [2.24, 2.45) is 0 Å². The number of hydrogen-bond donors (Lipinski definition) is 3. The number of phenols is 2. The number of carbonyl (C=O) groups excluding carboxylic acids is 1. The van der Waals surface area contributed by atoms with E-state index in [9.17, 15) is 24.9 Å². The third kappa shape index (κ3) is 2.16. The quantitative estimate of drug-likeness (QED) is 0.467. The largest absolute Gasteiger partial charge is 0.506 e. The first-order chi connectivity index (χ1) is 14.3. The Balaban J connectivity index is 1.99. The molecule has 0 aromatic heterocycles. The van der Waals surface area contributed by atoms with Crippen molar-refractivity contribution in [2.75, 3.05) is 0 Å². The molecule has 1 spiro atoms. The van der Waals surface area contributed by atoms with Crippen LogP contribution >= 0.6 is 23.2 Å². The van der Waals surface area contributed by atoms with Crippen LogP contribution in [0.2, 0.25) is 10.0 Å². The number of carbonyl (C=O) groups is 2. The summed E-state index contributed by atoms with van der Waals surface area (Å²) in [6, 6.07) is 10.7. The van der Waals surface area contributed by atoms with Gasteiger partial charge in [0.15, 0.2) is 22.8 Å². The van der Waals surface area contributed by atoms with E-state index in [1.165, 1.54) is 18.2 Å². The van der Waals surface area contributed by atoms with Crippen LogP contribution in [0.5, 0.6) is 23.0 Å². The molecule has 3 aromatic carbocycles. The van der Waals surface area contributed by atoms with Crippen molar-refractivity contribution in [1.29, 1.82) is 0 Å². The molecule has 2 aliphatic heterocycles. The molecule has 0 aliphatic carbocycles. The Hall–Kier alpha value is -3.42. The molecule has 9 heteroatoms. The molecule has 0 saturated carbocycles. The van der Waals surface area contributed by atoms with Crippen LogP contribution in [0.3, 0.4) is 0 Å². The molecule has 3 N–H and O–H groups in total. The van der Waals surface area contributed by atoms with Gasteiger partial charge in [-0.1, -0.05) is 41.4 Å². The first kappa shape index (κ1) is 18.6. The van der Waals surface area contributed by atoms with Crippen LogP contribution in [0.4, 0.5) is 0 Å². The van der Waals surface area contributed by atoms with E-state index in [-0.39, 0.29) is 44.0 Å². The zero-order valence-electron chi connectivity index (χ0n) is 14.8. The summed E-state index contributed by atoms with van der Waals surface area (Å²) in [7, 11) is 0. The Bertz CT molecular complexity index is 1300. The number of hydrogen-bond acceptors (Lipinski definition) is 6. The second kappa shape index (κ2) is 6.04. The van der Waals surface area contributed by atoms with E-state index in [1.54, 1.807) is 24.3 Å². The van der Waals surface area contributed by atoms with Gasteiger partial charge in [-0.05, 0) is 24.3 Å². The second-order valence-corrected chi connectivity index (χ2v) is 7.54. The van der Waals surface area contributed by atoms with Crippen molar-refractivity contribution in [2.45, 2.75) is 5.60 Å². The van der Waals surface area contributed by atoms with Crippen molar-refractivity contribution in [3.8, 4) is 23.0 Å². The number of fused-ring (bicyclic) bond motifs is 6. The summed E-state index contributed by atoms with van der Waals surface area (Å²) in [5.74, 6) is -3.59. The van der Waals surface area contributed by atoms with Gasteiger partial charge in [-0.3, -0.25) is 0 Å².